The second-order valence-corrected chi connectivity index (χ2v) is 4.18. The molecule has 0 aromatic heterocycles. The van der Waals surface area contributed by atoms with Crippen molar-refractivity contribution in [2.24, 2.45) is 0 Å². The van der Waals surface area contributed by atoms with E-state index in [0.29, 0.717) is 12.1 Å². The zero-order chi connectivity index (χ0) is 11.4. The average molecular weight is 216 g/mol. The van der Waals surface area contributed by atoms with Gasteiger partial charge < -0.3 is 10.1 Å². The number of nitriles is 1. The van der Waals surface area contributed by atoms with Crippen LogP contribution in [0.4, 0.5) is 0 Å². The first-order chi connectivity index (χ1) is 7.83. The Hall–Kier alpha value is -1.37. The van der Waals surface area contributed by atoms with Crippen LogP contribution in [-0.4, -0.2) is 19.3 Å². The van der Waals surface area contributed by atoms with Gasteiger partial charge >= 0.3 is 0 Å². The molecule has 0 bridgehead atoms. The molecule has 1 aromatic rings. The van der Waals surface area contributed by atoms with Crippen molar-refractivity contribution >= 4 is 0 Å². The van der Waals surface area contributed by atoms with Crippen LogP contribution in [0.3, 0.4) is 0 Å². The Morgan fingerprint density at radius 1 is 1.44 bits per heavy atom. The maximum atomic E-state index is 8.94. The van der Waals surface area contributed by atoms with Gasteiger partial charge in [0.1, 0.15) is 0 Å². The molecule has 0 aliphatic heterocycles. The minimum absolute atomic E-state index is 0.420. The number of benzene rings is 1. The molecule has 0 atom stereocenters. The Morgan fingerprint density at radius 2 is 2.19 bits per heavy atom. The number of hydrogen-bond donors (Lipinski definition) is 1. The molecule has 16 heavy (non-hydrogen) atoms. The molecular weight excluding hydrogens is 200 g/mol. The second kappa shape index (κ2) is 5.11. The summed E-state index contributed by atoms with van der Waals surface area (Å²) in [6, 6.07) is 10.5. The highest BCUT2D eigenvalue weighted by Crippen LogP contribution is 2.23. The van der Waals surface area contributed by atoms with Crippen LogP contribution in [0.2, 0.25) is 0 Å². The van der Waals surface area contributed by atoms with Gasteiger partial charge in [-0.2, -0.15) is 5.26 Å². The van der Waals surface area contributed by atoms with Crippen LogP contribution in [0.15, 0.2) is 24.3 Å². The fourth-order valence-electron chi connectivity index (χ4n) is 1.96. The minimum atomic E-state index is 0.420. The predicted molar refractivity (Wildman–Crippen MR) is 61.8 cm³/mol. The summed E-state index contributed by atoms with van der Waals surface area (Å²) in [5.41, 5.74) is 1.84. The summed E-state index contributed by atoms with van der Waals surface area (Å²) in [5.74, 6) is 0. The van der Waals surface area contributed by atoms with Crippen molar-refractivity contribution in [3.8, 4) is 6.07 Å². The summed E-state index contributed by atoms with van der Waals surface area (Å²) in [4.78, 5) is 0. The summed E-state index contributed by atoms with van der Waals surface area (Å²) >= 11 is 0. The number of methoxy groups -OCH3 is 1. The molecule has 3 heteroatoms. The zero-order valence-electron chi connectivity index (χ0n) is 9.44. The van der Waals surface area contributed by atoms with E-state index in [-0.39, 0.29) is 0 Å². The molecule has 1 aliphatic rings. The number of nitrogens with zero attached hydrogens (tertiary/aromatic N) is 1. The molecule has 3 nitrogen and oxygen atoms in total. The minimum Gasteiger partial charge on any atom is -0.381 e. The number of ether oxygens (including phenoxy) is 1. The first kappa shape index (κ1) is 11.1. The van der Waals surface area contributed by atoms with Gasteiger partial charge in [-0.05, 0) is 24.5 Å². The van der Waals surface area contributed by atoms with Crippen molar-refractivity contribution < 1.29 is 4.74 Å². The Bertz CT molecular complexity index is 391. The van der Waals surface area contributed by atoms with E-state index in [2.05, 4.69) is 11.4 Å². The van der Waals surface area contributed by atoms with E-state index >= 15 is 0 Å². The highest BCUT2D eigenvalue weighted by atomic mass is 16.5. The summed E-state index contributed by atoms with van der Waals surface area (Å²) in [6.07, 6.45) is 2.57. The standard InChI is InChI=1S/C13H16N2O/c1-16-13-6-12(7-13)15-9-11-5-3-2-4-10(11)8-14/h2-5,12-13,15H,6-7,9H2,1H3. The molecule has 0 amide bonds. The molecule has 0 saturated heterocycles. The Balaban J connectivity index is 1.84. The molecule has 1 aliphatic carbocycles. The third kappa shape index (κ3) is 2.41. The van der Waals surface area contributed by atoms with Crippen molar-refractivity contribution in [1.82, 2.24) is 5.32 Å². The lowest BCUT2D eigenvalue weighted by Gasteiger charge is -2.34. The maximum Gasteiger partial charge on any atom is 0.0995 e. The fraction of sp³-hybridized carbons (Fsp3) is 0.462. The predicted octanol–water partition coefficient (Wildman–Crippen LogP) is 1.83. The van der Waals surface area contributed by atoms with Crippen LogP contribution in [0, 0.1) is 11.3 Å². The van der Waals surface area contributed by atoms with Crippen molar-refractivity contribution in [3.05, 3.63) is 35.4 Å². The third-order valence-electron chi connectivity index (χ3n) is 3.15. The van der Waals surface area contributed by atoms with E-state index in [1.807, 2.05) is 24.3 Å². The maximum absolute atomic E-state index is 8.94. The lowest BCUT2D eigenvalue weighted by molar-refractivity contribution is 0.0170. The van der Waals surface area contributed by atoms with Crippen molar-refractivity contribution in [1.29, 1.82) is 5.26 Å². The molecule has 84 valence electrons. The topological polar surface area (TPSA) is 45.0 Å². The Kier molecular flexibility index (Phi) is 3.55. The SMILES string of the molecule is COC1CC(NCc2ccccc2C#N)C1. The van der Waals surface area contributed by atoms with E-state index < -0.39 is 0 Å². The first-order valence-electron chi connectivity index (χ1n) is 5.57. The normalized spacial score (nSPS) is 23.5. The number of hydrogen-bond acceptors (Lipinski definition) is 3. The van der Waals surface area contributed by atoms with Crippen LogP contribution in [0.5, 0.6) is 0 Å². The molecule has 1 N–H and O–H groups in total. The quantitative estimate of drug-likeness (QED) is 0.835. The Morgan fingerprint density at radius 3 is 2.88 bits per heavy atom. The van der Waals surface area contributed by atoms with E-state index in [1.54, 1.807) is 7.11 Å². The van der Waals surface area contributed by atoms with Crippen molar-refractivity contribution in [2.75, 3.05) is 7.11 Å². The van der Waals surface area contributed by atoms with Crippen LogP contribution in [0.1, 0.15) is 24.0 Å². The van der Waals surface area contributed by atoms with Crippen LogP contribution >= 0.6 is 0 Å². The largest absolute Gasteiger partial charge is 0.381 e. The van der Waals surface area contributed by atoms with E-state index in [1.165, 1.54) is 0 Å². The average Bonchev–Trinajstić information content (AvgIpc) is 2.28. The molecular formula is C13H16N2O. The summed E-state index contributed by atoms with van der Waals surface area (Å²) in [6.45, 7) is 0.769. The second-order valence-electron chi connectivity index (χ2n) is 4.18. The van der Waals surface area contributed by atoms with Gasteiger partial charge in [-0.1, -0.05) is 18.2 Å². The summed E-state index contributed by atoms with van der Waals surface area (Å²) in [5, 5.41) is 12.4. The summed E-state index contributed by atoms with van der Waals surface area (Å²) < 4.78 is 5.22. The molecule has 0 heterocycles. The Labute approximate surface area is 96.0 Å². The van der Waals surface area contributed by atoms with Gasteiger partial charge in [-0.3, -0.25) is 0 Å². The molecule has 0 unspecified atom stereocenters. The van der Waals surface area contributed by atoms with Gasteiger partial charge in [0.25, 0.3) is 0 Å². The number of rotatable bonds is 4. The zero-order valence-corrected chi connectivity index (χ0v) is 9.44. The first-order valence-corrected chi connectivity index (χ1v) is 5.57. The van der Waals surface area contributed by atoms with Gasteiger partial charge in [0.05, 0.1) is 17.7 Å². The van der Waals surface area contributed by atoms with Gasteiger partial charge in [-0.15, -0.1) is 0 Å². The third-order valence-corrected chi connectivity index (χ3v) is 3.15. The van der Waals surface area contributed by atoms with Crippen molar-refractivity contribution in [2.45, 2.75) is 31.5 Å². The van der Waals surface area contributed by atoms with E-state index in [0.717, 1.165) is 30.5 Å². The van der Waals surface area contributed by atoms with Crippen LogP contribution in [0.25, 0.3) is 0 Å². The number of nitrogens with one attached hydrogen (secondary N) is 1. The lowest BCUT2D eigenvalue weighted by Crippen LogP contribution is -2.44. The highest BCUT2D eigenvalue weighted by Gasteiger charge is 2.28. The van der Waals surface area contributed by atoms with Gasteiger partial charge in [0.15, 0.2) is 0 Å². The van der Waals surface area contributed by atoms with E-state index in [9.17, 15) is 0 Å². The fourth-order valence-corrected chi connectivity index (χ4v) is 1.96. The molecule has 2 rings (SSSR count). The molecule has 1 saturated carbocycles. The van der Waals surface area contributed by atoms with Crippen LogP contribution in [-0.2, 0) is 11.3 Å². The molecule has 0 spiro atoms. The molecule has 1 aromatic carbocycles. The molecule has 1 fully saturated rings. The lowest BCUT2D eigenvalue weighted by atomic mass is 9.89. The summed E-state index contributed by atoms with van der Waals surface area (Å²) in [7, 11) is 1.76. The van der Waals surface area contributed by atoms with Gasteiger partial charge in [-0.25, -0.2) is 0 Å². The van der Waals surface area contributed by atoms with E-state index in [4.69, 9.17) is 10.00 Å². The van der Waals surface area contributed by atoms with Gasteiger partial charge in [0, 0.05) is 19.7 Å². The monoisotopic (exact) mass is 216 g/mol. The van der Waals surface area contributed by atoms with Crippen molar-refractivity contribution in [3.63, 3.8) is 0 Å². The van der Waals surface area contributed by atoms with Gasteiger partial charge in [0.2, 0.25) is 0 Å². The smallest absolute Gasteiger partial charge is 0.0995 e. The molecule has 0 radical (unpaired) electrons. The highest BCUT2D eigenvalue weighted by molar-refractivity contribution is 5.37. The van der Waals surface area contributed by atoms with Crippen LogP contribution < -0.4 is 5.32 Å².